The predicted molar refractivity (Wildman–Crippen MR) is 127 cm³/mol. The summed E-state index contributed by atoms with van der Waals surface area (Å²) in [5.41, 5.74) is 4.21. The van der Waals surface area contributed by atoms with Crippen LogP contribution in [-0.2, 0) is 6.42 Å². The van der Waals surface area contributed by atoms with Crippen LogP contribution < -0.4 is 4.74 Å². The molecule has 1 fully saturated rings. The molecule has 4 aromatic rings. The van der Waals surface area contributed by atoms with E-state index in [1.165, 1.54) is 12.1 Å². The van der Waals surface area contributed by atoms with Crippen molar-refractivity contribution in [3.8, 4) is 16.9 Å². The molecule has 1 N–H and O–H groups in total. The number of benzene rings is 3. The molecule has 0 unspecified atom stereocenters. The molecule has 6 heteroatoms. The van der Waals surface area contributed by atoms with Gasteiger partial charge in [-0.15, -0.1) is 0 Å². The van der Waals surface area contributed by atoms with Gasteiger partial charge in [-0.3, -0.25) is 4.79 Å². The number of likely N-dealkylation sites (tertiary alicyclic amines) is 1. The number of methoxy groups -OCH3 is 1. The molecular formula is C27H26FN3O2. The highest BCUT2D eigenvalue weighted by Gasteiger charge is 2.26. The molecule has 0 radical (unpaired) electrons. The monoisotopic (exact) mass is 443 g/mol. The summed E-state index contributed by atoms with van der Waals surface area (Å²) in [7, 11) is 1.60. The highest BCUT2D eigenvalue weighted by Crippen LogP contribution is 2.30. The van der Waals surface area contributed by atoms with E-state index in [1.54, 1.807) is 13.2 Å². The van der Waals surface area contributed by atoms with Crippen LogP contribution in [0.5, 0.6) is 5.75 Å². The molecule has 1 saturated heterocycles. The van der Waals surface area contributed by atoms with E-state index in [0.717, 1.165) is 41.7 Å². The van der Waals surface area contributed by atoms with E-state index in [2.05, 4.69) is 9.97 Å². The summed E-state index contributed by atoms with van der Waals surface area (Å²) in [4.78, 5) is 23.0. The average molecular weight is 444 g/mol. The number of hydrogen-bond acceptors (Lipinski definition) is 3. The Morgan fingerprint density at radius 2 is 1.85 bits per heavy atom. The number of hydrogen-bond donors (Lipinski definition) is 1. The lowest BCUT2D eigenvalue weighted by atomic mass is 9.92. The Bertz CT molecular complexity index is 1280. The summed E-state index contributed by atoms with van der Waals surface area (Å²) in [6.45, 7) is 1.39. The standard InChI is InChI=1S/C27H26FN3O2/c1-33-25-16-20(19-5-3-2-4-6-19)7-9-22(25)27(32)31-13-11-18(12-14-31)15-26-29-23-10-8-21(28)17-24(23)30-26/h2-10,16-18H,11-15H2,1H3,(H,29,30). The number of nitrogens with one attached hydrogen (secondary N) is 1. The molecule has 0 spiro atoms. The quantitative estimate of drug-likeness (QED) is 0.445. The average Bonchev–Trinajstić information content (AvgIpc) is 3.25. The lowest BCUT2D eigenvalue weighted by Gasteiger charge is -2.32. The molecule has 0 atom stereocenters. The lowest BCUT2D eigenvalue weighted by molar-refractivity contribution is 0.0686. The van der Waals surface area contributed by atoms with Gasteiger partial charge in [-0.1, -0.05) is 36.4 Å². The van der Waals surface area contributed by atoms with Crippen molar-refractivity contribution in [1.29, 1.82) is 0 Å². The van der Waals surface area contributed by atoms with E-state index in [4.69, 9.17) is 4.74 Å². The Balaban J connectivity index is 1.24. The number of nitrogens with zero attached hydrogens (tertiary/aromatic N) is 2. The summed E-state index contributed by atoms with van der Waals surface area (Å²) in [6, 6.07) is 20.4. The molecule has 0 bridgehead atoms. The Morgan fingerprint density at radius 1 is 1.06 bits per heavy atom. The van der Waals surface area contributed by atoms with Crippen LogP contribution in [0.15, 0.2) is 66.7 Å². The number of fused-ring (bicyclic) bond motifs is 1. The SMILES string of the molecule is COc1cc(-c2ccccc2)ccc1C(=O)N1CCC(Cc2nc3cc(F)ccc3[nH]2)CC1. The molecule has 3 aromatic carbocycles. The zero-order chi connectivity index (χ0) is 22.8. The van der Waals surface area contributed by atoms with Gasteiger partial charge < -0.3 is 14.6 Å². The van der Waals surface area contributed by atoms with Crippen LogP contribution in [-0.4, -0.2) is 41.0 Å². The van der Waals surface area contributed by atoms with Crippen LogP contribution in [0.1, 0.15) is 29.0 Å². The van der Waals surface area contributed by atoms with Crippen LogP contribution in [0.25, 0.3) is 22.2 Å². The Hall–Kier alpha value is -3.67. The fourth-order valence-corrected chi connectivity index (χ4v) is 4.59. The summed E-state index contributed by atoms with van der Waals surface area (Å²) in [5, 5.41) is 0. The molecule has 168 valence electrons. The van der Waals surface area contributed by atoms with Gasteiger partial charge in [0.05, 0.1) is 23.7 Å². The fourth-order valence-electron chi connectivity index (χ4n) is 4.59. The number of piperidine rings is 1. The van der Waals surface area contributed by atoms with Gasteiger partial charge in [0.15, 0.2) is 0 Å². The van der Waals surface area contributed by atoms with Gasteiger partial charge in [0.25, 0.3) is 5.91 Å². The fraction of sp³-hybridized carbons (Fsp3) is 0.259. The first-order valence-electron chi connectivity index (χ1n) is 11.3. The van der Waals surface area contributed by atoms with Crippen molar-refractivity contribution < 1.29 is 13.9 Å². The second-order valence-electron chi connectivity index (χ2n) is 8.57. The summed E-state index contributed by atoms with van der Waals surface area (Å²) >= 11 is 0. The second-order valence-corrected chi connectivity index (χ2v) is 8.57. The van der Waals surface area contributed by atoms with Crippen molar-refractivity contribution >= 4 is 16.9 Å². The number of aromatic amines is 1. The van der Waals surface area contributed by atoms with Crippen LogP contribution in [0.3, 0.4) is 0 Å². The van der Waals surface area contributed by atoms with E-state index in [9.17, 15) is 9.18 Å². The molecule has 5 nitrogen and oxygen atoms in total. The minimum atomic E-state index is -0.278. The van der Waals surface area contributed by atoms with Crippen molar-refractivity contribution in [2.75, 3.05) is 20.2 Å². The molecule has 0 saturated carbocycles. The first kappa shape index (κ1) is 21.2. The number of aromatic nitrogens is 2. The van der Waals surface area contributed by atoms with Crippen molar-refractivity contribution in [3.05, 3.63) is 83.9 Å². The van der Waals surface area contributed by atoms with E-state index in [-0.39, 0.29) is 11.7 Å². The second kappa shape index (κ2) is 9.06. The molecule has 0 aliphatic carbocycles. The number of H-pyrrole nitrogens is 1. The maximum Gasteiger partial charge on any atom is 0.257 e. The summed E-state index contributed by atoms with van der Waals surface area (Å²) in [5.74, 6) is 1.63. The molecule has 33 heavy (non-hydrogen) atoms. The van der Waals surface area contributed by atoms with Gasteiger partial charge in [-0.2, -0.15) is 0 Å². The third-order valence-corrected chi connectivity index (χ3v) is 6.42. The topological polar surface area (TPSA) is 58.2 Å². The van der Waals surface area contributed by atoms with Crippen LogP contribution in [0.4, 0.5) is 4.39 Å². The molecule has 1 amide bonds. The highest BCUT2D eigenvalue weighted by atomic mass is 19.1. The highest BCUT2D eigenvalue weighted by molar-refractivity contribution is 5.97. The lowest BCUT2D eigenvalue weighted by Crippen LogP contribution is -2.39. The van der Waals surface area contributed by atoms with Gasteiger partial charge >= 0.3 is 0 Å². The molecule has 1 aliphatic heterocycles. The van der Waals surface area contributed by atoms with Crippen molar-refractivity contribution in [2.45, 2.75) is 19.3 Å². The molecule has 5 rings (SSSR count). The van der Waals surface area contributed by atoms with E-state index in [1.807, 2.05) is 53.4 Å². The first-order valence-corrected chi connectivity index (χ1v) is 11.3. The van der Waals surface area contributed by atoms with Crippen molar-refractivity contribution in [1.82, 2.24) is 14.9 Å². The van der Waals surface area contributed by atoms with Gasteiger partial charge in [0.2, 0.25) is 0 Å². The Morgan fingerprint density at radius 3 is 2.61 bits per heavy atom. The third-order valence-electron chi connectivity index (χ3n) is 6.42. The predicted octanol–water partition coefficient (Wildman–Crippen LogP) is 5.47. The van der Waals surface area contributed by atoms with E-state index >= 15 is 0 Å². The van der Waals surface area contributed by atoms with Crippen molar-refractivity contribution in [3.63, 3.8) is 0 Å². The number of rotatable bonds is 5. The minimum Gasteiger partial charge on any atom is -0.496 e. The number of ether oxygens (including phenoxy) is 1. The maximum atomic E-state index is 13.4. The van der Waals surface area contributed by atoms with Gasteiger partial charge in [-0.25, -0.2) is 9.37 Å². The normalized spacial score (nSPS) is 14.5. The third kappa shape index (κ3) is 4.46. The van der Waals surface area contributed by atoms with E-state index < -0.39 is 0 Å². The number of halogens is 1. The maximum absolute atomic E-state index is 13.4. The first-order chi connectivity index (χ1) is 16.1. The largest absolute Gasteiger partial charge is 0.496 e. The summed E-state index contributed by atoms with van der Waals surface area (Å²) < 4.78 is 19.0. The Kier molecular flexibility index (Phi) is 5.82. The Labute approximate surface area is 192 Å². The molecule has 1 aromatic heterocycles. The number of amides is 1. The van der Waals surface area contributed by atoms with Gasteiger partial charge in [0.1, 0.15) is 17.4 Å². The van der Waals surface area contributed by atoms with Crippen LogP contribution >= 0.6 is 0 Å². The van der Waals surface area contributed by atoms with Gasteiger partial charge in [-0.05, 0) is 54.2 Å². The van der Waals surface area contributed by atoms with Gasteiger partial charge in [0, 0.05) is 25.6 Å². The van der Waals surface area contributed by atoms with Crippen LogP contribution in [0.2, 0.25) is 0 Å². The zero-order valence-electron chi connectivity index (χ0n) is 18.6. The molecule has 1 aliphatic rings. The molecular weight excluding hydrogens is 417 g/mol. The summed E-state index contributed by atoms with van der Waals surface area (Å²) in [6.07, 6.45) is 2.61. The smallest absolute Gasteiger partial charge is 0.257 e. The number of carbonyl (C=O) groups excluding carboxylic acids is 1. The van der Waals surface area contributed by atoms with Crippen LogP contribution in [0, 0.1) is 11.7 Å². The van der Waals surface area contributed by atoms with Crippen molar-refractivity contribution in [2.24, 2.45) is 5.92 Å². The zero-order valence-corrected chi connectivity index (χ0v) is 18.6. The molecule has 2 heterocycles. The number of imidazole rings is 1. The minimum absolute atomic E-state index is 0.00382. The van der Waals surface area contributed by atoms with E-state index in [0.29, 0.717) is 35.8 Å². The number of carbonyl (C=O) groups is 1.